The van der Waals surface area contributed by atoms with Gasteiger partial charge in [0.05, 0.1) is 6.42 Å². The normalized spacial score (nSPS) is 10.2. The highest BCUT2D eigenvalue weighted by atomic mass is 19.1. The third-order valence-corrected chi connectivity index (χ3v) is 2.53. The summed E-state index contributed by atoms with van der Waals surface area (Å²) in [6, 6.07) is 8.77. The summed E-state index contributed by atoms with van der Waals surface area (Å²) in [5, 5.41) is 2.65. The Balaban J connectivity index is 1.88. The van der Waals surface area contributed by atoms with Crippen molar-refractivity contribution in [3.05, 3.63) is 65.5 Å². The smallest absolute Gasteiger partial charge is 0.224 e. The summed E-state index contributed by atoms with van der Waals surface area (Å²) in [5.41, 5.74) is 1.22. The van der Waals surface area contributed by atoms with E-state index in [0.29, 0.717) is 11.1 Å². The Bertz CT molecular complexity index is 587. The minimum absolute atomic E-state index is 0.0642. The molecule has 0 atom stereocenters. The van der Waals surface area contributed by atoms with Crippen molar-refractivity contribution in [1.82, 2.24) is 10.3 Å². The van der Waals surface area contributed by atoms with Gasteiger partial charge >= 0.3 is 0 Å². The topological polar surface area (TPSA) is 42.0 Å². The van der Waals surface area contributed by atoms with Crippen LogP contribution in [0.25, 0.3) is 0 Å². The van der Waals surface area contributed by atoms with E-state index in [1.807, 2.05) is 0 Å². The summed E-state index contributed by atoms with van der Waals surface area (Å²) in [4.78, 5) is 15.0. The SMILES string of the molecule is O=C(Cc1ccnc(F)c1)NCc1cccc(F)c1. The summed E-state index contributed by atoms with van der Waals surface area (Å²) in [6.07, 6.45) is 1.37. The highest BCUT2D eigenvalue weighted by Crippen LogP contribution is 2.04. The van der Waals surface area contributed by atoms with Crippen LogP contribution in [0.5, 0.6) is 0 Å². The number of benzene rings is 1. The molecule has 0 fully saturated rings. The molecule has 1 N–H and O–H groups in total. The lowest BCUT2D eigenvalue weighted by Gasteiger charge is -2.05. The molecule has 2 aromatic rings. The number of amides is 1. The van der Waals surface area contributed by atoms with Gasteiger partial charge in [-0.05, 0) is 35.4 Å². The van der Waals surface area contributed by atoms with Crippen molar-refractivity contribution in [3.8, 4) is 0 Å². The second-order valence-corrected chi connectivity index (χ2v) is 4.07. The van der Waals surface area contributed by atoms with Gasteiger partial charge in [0.25, 0.3) is 0 Å². The summed E-state index contributed by atoms with van der Waals surface area (Å²) in [7, 11) is 0. The van der Waals surface area contributed by atoms with Crippen LogP contribution in [0, 0.1) is 11.8 Å². The molecule has 1 aromatic carbocycles. The van der Waals surface area contributed by atoms with Gasteiger partial charge in [-0.15, -0.1) is 0 Å². The lowest BCUT2D eigenvalue weighted by Crippen LogP contribution is -2.24. The van der Waals surface area contributed by atoms with Gasteiger partial charge < -0.3 is 5.32 Å². The first-order valence-electron chi connectivity index (χ1n) is 5.75. The molecule has 0 aliphatic heterocycles. The lowest BCUT2D eigenvalue weighted by molar-refractivity contribution is -0.120. The summed E-state index contributed by atoms with van der Waals surface area (Å²) in [6.45, 7) is 0.240. The molecule has 1 aromatic heterocycles. The second-order valence-electron chi connectivity index (χ2n) is 4.07. The van der Waals surface area contributed by atoms with Crippen LogP contribution in [0.1, 0.15) is 11.1 Å². The maximum atomic E-state index is 12.9. The van der Waals surface area contributed by atoms with Crippen LogP contribution in [0.15, 0.2) is 42.6 Å². The molecule has 5 heteroatoms. The van der Waals surface area contributed by atoms with Crippen LogP contribution in [0.2, 0.25) is 0 Å². The van der Waals surface area contributed by atoms with Crippen molar-refractivity contribution >= 4 is 5.91 Å². The van der Waals surface area contributed by atoms with Crippen molar-refractivity contribution in [2.45, 2.75) is 13.0 Å². The average molecular weight is 262 g/mol. The fraction of sp³-hybridized carbons (Fsp3) is 0.143. The highest BCUT2D eigenvalue weighted by molar-refractivity contribution is 5.78. The third-order valence-electron chi connectivity index (χ3n) is 2.53. The Labute approximate surface area is 109 Å². The average Bonchev–Trinajstić information content (AvgIpc) is 2.36. The summed E-state index contributed by atoms with van der Waals surface area (Å²) in [5.74, 6) is -1.21. The Morgan fingerprint density at radius 2 is 2.00 bits per heavy atom. The van der Waals surface area contributed by atoms with Crippen molar-refractivity contribution in [1.29, 1.82) is 0 Å². The van der Waals surface area contributed by atoms with Crippen LogP contribution >= 0.6 is 0 Å². The van der Waals surface area contributed by atoms with Crippen LogP contribution in [0.4, 0.5) is 8.78 Å². The third kappa shape index (κ3) is 4.13. The molecule has 1 amide bonds. The number of hydrogen-bond acceptors (Lipinski definition) is 2. The Hall–Kier alpha value is -2.30. The molecule has 0 saturated heterocycles. The molecule has 98 valence electrons. The Morgan fingerprint density at radius 3 is 2.74 bits per heavy atom. The largest absolute Gasteiger partial charge is 0.352 e. The Kier molecular flexibility index (Phi) is 4.18. The first-order valence-corrected chi connectivity index (χ1v) is 5.75. The molecule has 0 aliphatic rings. The molecular formula is C14H12F2N2O. The first kappa shape index (κ1) is 13.1. The molecule has 3 nitrogen and oxygen atoms in total. The molecular weight excluding hydrogens is 250 g/mol. The number of carbonyl (C=O) groups is 1. The number of nitrogens with one attached hydrogen (secondary N) is 1. The zero-order chi connectivity index (χ0) is 13.7. The van der Waals surface area contributed by atoms with Gasteiger partial charge in [0.1, 0.15) is 5.82 Å². The van der Waals surface area contributed by atoms with E-state index in [9.17, 15) is 13.6 Å². The number of aromatic nitrogens is 1. The minimum atomic E-state index is -0.615. The van der Waals surface area contributed by atoms with Crippen LogP contribution in [-0.2, 0) is 17.8 Å². The predicted molar refractivity (Wildman–Crippen MR) is 66.1 cm³/mol. The van der Waals surface area contributed by atoms with Crippen LogP contribution in [0.3, 0.4) is 0 Å². The summed E-state index contributed by atoms with van der Waals surface area (Å²) >= 11 is 0. The minimum Gasteiger partial charge on any atom is -0.352 e. The number of pyridine rings is 1. The quantitative estimate of drug-likeness (QED) is 0.858. The van der Waals surface area contributed by atoms with E-state index in [0.717, 1.165) is 0 Å². The fourth-order valence-corrected chi connectivity index (χ4v) is 1.65. The first-order chi connectivity index (χ1) is 9.13. The number of carbonyl (C=O) groups excluding carboxylic acids is 1. The van der Waals surface area contributed by atoms with Crippen LogP contribution < -0.4 is 5.32 Å². The van der Waals surface area contributed by atoms with Crippen LogP contribution in [-0.4, -0.2) is 10.9 Å². The van der Waals surface area contributed by atoms with E-state index in [1.165, 1.54) is 24.4 Å². The molecule has 0 saturated carbocycles. The van der Waals surface area contributed by atoms with E-state index in [1.54, 1.807) is 18.2 Å². The van der Waals surface area contributed by atoms with Crippen molar-refractivity contribution in [2.24, 2.45) is 0 Å². The molecule has 0 spiro atoms. The number of hydrogen-bond donors (Lipinski definition) is 1. The van der Waals surface area contributed by atoms with E-state index in [4.69, 9.17) is 0 Å². The Morgan fingerprint density at radius 1 is 1.16 bits per heavy atom. The van der Waals surface area contributed by atoms with Gasteiger partial charge in [0, 0.05) is 12.7 Å². The maximum Gasteiger partial charge on any atom is 0.224 e. The number of rotatable bonds is 4. The number of nitrogens with zero attached hydrogens (tertiary/aromatic N) is 1. The van der Waals surface area contributed by atoms with Gasteiger partial charge in [0.15, 0.2) is 0 Å². The van der Waals surface area contributed by atoms with E-state index in [-0.39, 0.29) is 24.7 Å². The maximum absolute atomic E-state index is 12.9. The van der Waals surface area contributed by atoms with Gasteiger partial charge in [-0.1, -0.05) is 12.1 Å². The zero-order valence-corrected chi connectivity index (χ0v) is 10.1. The molecule has 19 heavy (non-hydrogen) atoms. The highest BCUT2D eigenvalue weighted by Gasteiger charge is 2.05. The van der Waals surface area contributed by atoms with Gasteiger partial charge in [-0.3, -0.25) is 4.79 Å². The number of halogens is 2. The molecule has 0 radical (unpaired) electrons. The van der Waals surface area contributed by atoms with E-state index in [2.05, 4.69) is 10.3 Å². The standard InChI is InChI=1S/C14H12F2N2O/c15-12-3-1-2-11(6-12)9-18-14(19)8-10-4-5-17-13(16)7-10/h1-7H,8-9H2,(H,18,19). The van der Waals surface area contributed by atoms with Crippen molar-refractivity contribution in [3.63, 3.8) is 0 Å². The van der Waals surface area contributed by atoms with E-state index < -0.39 is 5.95 Å². The molecule has 0 bridgehead atoms. The lowest BCUT2D eigenvalue weighted by atomic mass is 10.2. The van der Waals surface area contributed by atoms with Crippen molar-refractivity contribution < 1.29 is 13.6 Å². The molecule has 2 rings (SSSR count). The van der Waals surface area contributed by atoms with Gasteiger partial charge in [0.2, 0.25) is 11.9 Å². The monoisotopic (exact) mass is 262 g/mol. The molecule has 0 aliphatic carbocycles. The zero-order valence-electron chi connectivity index (χ0n) is 10.1. The predicted octanol–water partition coefficient (Wildman–Crippen LogP) is 2.22. The van der Waals surface area contributed by atoms with Gasteiger partial charge in [-0.25, -0.2) is 9.37 Å². The summed E-state index contributed by atoms with van der Waals surface area (Å²) < 4.78 is 25.7. The second kappa shape index (κ2) is 6.04. The molecule has 1 heterocycles. The van der Waals surface area contributed by atoms with E-state index >= 15 is 0 Å². The fourth-order valence-electron chi connectivity index (χ4n) is 1.65. The molecule has 0 unspecified atom stereocenters. The van der Waals surface area contributed by atoms with Gasteiger partial charge in [-0.2, -0.15) is 4.39 Å². The van der Waals surface area contributed by atoms with Crippen molar-refractivity contribution in [2.75, 3.05) is 0 Å².